The van der Waals surface area contributed by atoms with E-state index in [1.807, 2.05) is 19.9 Å². The first-order valence-corrected chi connectivity index (χ1v) is 10.8. The van der Waals surface area contributed by atoms with Crippen molar-refractivity contribution in [1.29, 1.82) is 0 Å². The van der Waals surface area contributed by atoms with Crippen LogP contribution in [0.2, 0.25) is 0 Å². The van der Waals surface area contributed by atoms with Gasteiger partial charge in [-0.2, -0.15) is 0 Å². The molecule has 4 bridgehead atoms. The number of rotatable bonds is 8. The van der Waals surface area contributed by atoms with Crippen LogP contribution >= 0.6 is 0 Å². The van der Waals surface area contributed by atoms with Gasteiger partial charge in [-0.1, -0.05) is 0 Å². The molecule has 4 fully saturated rings. The summed E-state index contributed by atoms with van der Waals surface area (Å²) in [6, 6.07) is 1.86. The monoisotopic (exact) mass is 403 g/mol. The van der Waals surface area contributed by atoms with Gasteiger partial charge in [0.1, 0.15) is 0 Å². The van der Waals surface area contributed by atoms with Gasteiger partial charge in [0.2, 0.25) is 5.78 Å². The summed E-state index contributed by atoms with van der Waals surface area (Å²) in [5.74, 6) is 0.595. The molecule has 0 radical (unpaired) electrons. The molecular weight excluding hydrogens is 370 g/mol. The van der Waals surface area contributed by atoms with Crippen LogP contribution in [0.25, 0.3) is 0 Å². The summed E-state index contributed by atoms with van der Waals surface area (Å²) in [6.45, 7) is 4.92. The fourth-order valence-electron chi connectivity index (χ4n) is 6.80. The van der Waals surface area contributed by atoms with Gasteiger partial charge in [-0.25, -0.2) is 0 Å². The van der Waals surface area contributed by atoms with Crippen molar-refractivity contribution in [3.05, 3.63) is 23.0 Å². The molecule has 1 aromatic heterocycles. The van der Waals surface area contributed by atoms with Crippen molar-refractivity contribution in [1.82, 2.24) is 4.57 Å². The molecule has 1 aromatic rings. The lowest BCUT2D eigenvalue weighted by Gasteiger charge is -2.60. The minimum absolute atomic E-state index is 0.130. The molecule has 6 heteroatoms. The molecule has 0 saturated heterocycles. The fraction of sp³-hybridized carbons (Fsp3) is 0.739. The molecule has 4 saturated carbocycles. The predicted molar refractivity (Wildman–Crippen MR) is 108 cm³/mol. The lowest BCUT2D eigenvalue weighted by molar-refractivity contribution is -0.176. The lowest BCUT2D eigenvalue weighted by atomic mass is 9.47. The summed E-state index contributed by atoms with van der Waals surface area (Å²) in [5, 5.41) is 10.9. The fourth-order valence-corrected chi connectivity index (χ4v) is 6.80. The molecule has 2 unspecified atom stereocenters. The van der Waals surface area contributed by atoms with Crippen LogP contribution in [0.1, 0.15) is 66.7 Å². The zero-order valence-electron chi connectivity index (χ0n) is 17.8. The van der Waals surface area contributed by atoms with Gasteiger partial charge in [0.05, 0.1) is 18.6 Å². The zero-order chi connectivity index (χ0) is 20.8. The smallest absolute Gasteiger partial charge is 0.306 e. The van der Waals surface area contributed by atoms with E-state index in [4.69, 9.17) is 9.47 Å². The highest BCUT2D eigenvalue weighted by molar-refractivity contribution is 5.99. The highest BCUT2D eigenvalue weighted by atomic mass is 16.5. The van der Waals surface area contributed by atoms with Crippen LogP contribution in [0.15, 0.2) is 6.07 Å². The second kappa shape index (κ2) is 7.55. The van der Waals surface area contributed by atoms with E-state index in [0.29, 0.717) is 43.4 Å². The minimum atomic E-state index is -0.583. The van der Waals surface area contributed by atoms with Crippen molar-refractivity contribution in [3.63, 3.8) is 0 Å². The number of hydrogen-bond acceptors (Lipinski definition) is 5. The Morgan fingerprint density at radius 3 is 2.52 bits per heavy atom. The maximum absolute atomic E-state index is 12.7. The van der Waals surface area contributed by atoms with E-state index >= 15 is 0 Å². The number of carbonyl (C=O) groups is 2. The van der Waals surface area contributed by atoms with Crippen LogP contribution in [0, 0.1) is 31.1 Å². The average Bonchev–Trinajstić information content (AvgIpc) is 2.89. The van der Waals surface area contributed by atoms with Gasteiger partial charge in [-0.3, -0.25) is 9.59 Å². The number of methoxy groups -OCH3 is 1. The molecule has 5 rings (SSSR count). The first-order valence-electron chi connectivity index (χ1n) is 10.8. The molecule has 29 heavy (non-hydrogen) atoms. The van der Waals surface area contributed by atoms with E-state index in [9.17, 15) is 14.7 Å². The van der Waals surface area contributed by atoms with Gasteiger partial charge >= 0.3 is 5.97 Å². The van der Waals surface area contributed by atoms with Crippen molar-refractivity contribution in [2.45, 2.75) is 70.9 Å². The maximum atomic E-state index is 12.7. The van der Waals surface area contributed by atoms with E-state index in [0.717, 1.165) is 37.1 Å². The topological polar surface area (TPSA) is 77.8 Å². The predicted octanol–water partition coefficient (Wildman–Crippen LogP) is 3.20. The number of esters is 1. The van der Waals surface area contributed by atoms with Crippen LogP contribution in [0.5, 0.6) is 0 Å². The Bertz CT molecular complexity index is 796. The number of nitrogens with zero attached hydrogens (tertiary/aromatic N) is 1. The van der Waals surface area contributed by atoms with Crippen LogP contribution in [-0.2, 0) is 20.8 Å². The van der Waals surface area contributed by atoms with Gasteiger partial charge in [0.15, 0.2) is 6.61 Å². The zero-order valence-corrected chi connectivity index (χ0v) is 17.8. The Balaban J connectivity index is 1.35. The van der Waals surface area contributed by atoms with Gasteiger partial charge in [-0.05, 0) is 75.7 Å². The second-order valence-electron chi connectivity index (χ2n) is 9.88. The molecule has 0 aromatic carbocycles. The third-order valence-corrected chi connectivity index (χ3v) is 7.43. The number of hydrogen-bond donors (Lipinski definition) is 1. The molecule has 0 amide bonds. The molecule has 160 valence electrons. The molecule has 1 N–H and O–H groups in total. The SMILES string of the molecule is COCCn1c(C)cc(C(=O)COC(=O)CC23CC4CC(CC(O)(C4)C2)C3)c1C. The molecule has 4 aliphatic rings. The van der Waals surface area contributed by atoms with E-state index in [-0.39, 0.29) is 23.8 Å². The summed E-state index contributed by atoms with van der Waals surface area (Å²) >= 11 is 0. The van der Waals surface area contributed by atoms with Gasteiger partial charge in [0, 0.05) is 30.6 Å². The quantitative estimate of drug-likeness (QED) is 0.533. The standard InChI is InChI=1S/C23H33NO5/c1-15-6-19(16(2)24(15)4-5-28-3)20(25)13-29-21(26)12-22-8-17-7-18(9-22)11-23(27,10-17)14-22/h6,17-18,27H,4-5,7-14H2,1-3H3. The van der Waals surface area contributed by atoms with E-state index in [2.05, 4.69) is 4.57 Å². The largest absolute Gasteiger partial charge is 0.457 e. The van der Waals surface area contributed by atoms with Crippen molar-refractivity contribution in [2.75, 3.05) is 20.3 Å². The van der Waals surface area contributed by atoms with Crippen LogP contribution in [0.4, 0.5) is 0 Å². The minimum Gasteiger partial charge on any atom is -0.457 e. The molecular formula is C23H33NO5. The number of aliphatic hydroxyl groups is 1. The van der Waals surface area contributed by atoms with Crippen molar-refractivity contribution < 1.29 is 24.2 Å². The molecule has 1 heterocycles. The summed E-state index contributed by atoms with van der Waals surface area (Å²) in [4.78, 5) is 25.3. The van der Waals surface area contributed by atoms with Crippen molar-refractivity contribution in [2.24, 2.45) is 17.3 Å². The highest BCUT2D eigenvalue weighted by Crippen LogP contribution is 2.62. The van der Waals surface area contributed by atoms with Gasteiger partial charge in [-0.15, -0.1) is 0 Å². The number of Topliss-reactive ketones (excluding diaryl/α,β-unsaturated/α-hetero) is 1. The number of ether oxygens (including phenoxy) is 2. The normalized spacial score (nSPS) is 32.6. The van der Waals surface area contributed by atoms with Gasteiger partial charge < -0.3 is 19.1 Å². The summed E-state index contributed by atoms with van der Waals surface area (Å²) in [6.07, 6.45) is 6.01. The lowest BCUT2D eigenvalue weighted by Crippen LogP contribution is -2.56. The Morgan fingerprint density at radius 1 is 1.21 bits per heavy atom. The maximum Gasteiger partial charge on any atom is 0.306 e. The van der Waals surface area contributed by atoms with Crippen LogP contribution in [0.3, 0.4) is 0 Å². The number of ketones is 1. The average molecular weight is 404 g/mol. The third kappa shape index (κ3) is 4.02. The first-order chi connectivity index (χ1) is 13.7. The number of carbonyl (C=O) groups excluding carboxylic acids is 2. The summed E-state index contributed by atoms with van der Waals surface area (Å²) < 4.78 is 12.6. The van der Waals surface area contributed by atoms with E-state index in [1.165, 1.54) is 6.42 Å². The Labute approximate surface area is 172 Å². The van der Waals surface area contributed by atoms with Crippen molar-refractivity contribution in [3.8, 4) is 0 Å². The Kier molecular flexibility index (Phi) is 5.36. The molecule has 0 aliphatic heterocycles. The molecule has 6 nitrogen and oxygen atoms in total. The van der Waals surface area contributed by atoms with Crippen LogP contribution in [-0.4, -0.2) is 47.4 Å². The highest BCUT2D eigenvalue weighted by Gasteiger charge is 2.57. The molecule has 4 aliphatic carbocycles. The number of aryl methyl sites for hydroxylation is 1. The Hall–Kier alpha value is -1.66. The van der Waals surface area contributed by atoms with Crippen molar-refractivity contribution >= 4 is 11.8 Å². The first kappa shape index (κ1) is 20.6. The second-order valence-corrected chi connectivity index (χ2v) is 9.88. The molecule has 0 spiro atoms. The van der Waals surface area contributed by atoms with E-state index < -0.39 is 5.60 Å². The summed E-state index contributed by atoms with van der Waals surface area (Å²) in [7, 11) is 1.65. The third-order valence-electron chi connectivity index (χ3n) is 7.43. The summed E-state index contributed by atoms with van der Waals surface area (Å²) in [5.41, 5.74) is 1.77. The van der Waals surface area contributed by atoms with Gasteiger partial charge in [0.25, 0.3) is 0 Å². The number of aromatic nitrogens is 1. The Morgan fingerprint density at radius 2 is 1.90 bits per heavy atom. The van der Waals surface area contributed by atoms with Crippen LogP contribution < -0.4 is 0 Å². The molecule has 2 atom stereocenters. The van der Waals surface area contributed by atoms with E-state index in [1.54, 1.807) is 7.11 Å².